The average molecular weight is 699 g/mol. The zero-order valence-electron chi connectivity index (χ0n) is 31.0. The summed E-state index contributed by atoms with van der Waals surface area (Å²) in [6.07, 6.45) is 0. The van der Waals surface area contributed by atoms with E-state index in [1.54, 1.807) is 0 Å². The molecular weight excluding hydrogens is 661 g/mol. The fraction of sp³-hybridized carbons (Fsp3) is 0.0545. The number of benzene rings is 10. The second kappa shape index (κ2) is 12.1. The van der Waals surface area contributed by atoms with Gasteiger partial charge in [-0.3, -0.25) is 0 Å². The Morgan fingerprint density at radius 2 is 0.745 bits per heavy atom. The molecular formula is C55H38. The van der Waals surface area contributed by atoms with Gasteiger partial charge in [-0.25, -0.2) is 0 Å². The topological polar surface area (TPSA) is 0 Å². The van der Waals surface area contributed by atoms with E-state index in [0.717, 1.165) is 0 Å². The molecule has 0 saturated carbocycles. The minimum absolute atomic E-state index is 0.0904. The molecule has 258 valence electrons. The first-order valence-electron chi connectivity index (χ1n) is 19.4. The van der Waals surface area contributed by atoms with Gasteiger partial charge in [0.25, 0.3) is 0 Å². The van der Waals surface area contributed by atoms with Gasteiger partial charge in [0, 0.05) is 5.41 Å². The van der Waals surface area contributed by atoms with Crippen molar-refractivity contribution in [2.45, 2.75) is 19.3 Å². The Hall–Kier alpha value is -6.76. The van der Waals surface area contributed by atoms with Crippen molar-refractivity contribution in [3.8, 4) is 55.6 Å². The molecule has 0 bridgehead atoms. The van der Waals surface area contributed by atoms with Gasteiger partial charge in [-0.05, 0) is 116 Å². The largest absolute Gasteiger partial charge is 0.0616 e. The molecule has 55 heavy (non-hydrogen) atoms. The van der Waals surface area contributed by atoms with Crippen molar-refractivity contribution in [3.05, 3.63) is 205 Å². The van der Waals surface area contributed by atoms with E-state index in [1.165, 1.54) is 110 Å². The fourth-order valence-corrected chi connectivity index (χ4v) is 9.76. The van der Waals surface area contributed by atoms with E-state index in [4.69, 9.17) is 0 Å². The zero-order chi connectivity index (χ0) is 36.7. The summed E-state index contributed by atoms with van der Waals surface area (Å²) < 4.78 is 0. The molecule has 0 aliphatic heterocycles. The quantitative estimate of drug-likeness (QED) is 0.161. The summed E-state index contributed by atoms with van der Waals surface area (Å²) in [4.78, 5) is 0. The highest BCUT2D eigenvalue weighted by Crippen LogP contribution is 2.55. The second-order valence-electron chi connectivity index (χ2n) is 15.6. The Kier molecular flexibility index (Phi) is 7.00. The Morgan fingerprint density at radius 3 is 1.47 bits per heavy atom. The molecule has 11 rings (SSSR count). The van der Waals surface area contributed by atoms with Gasteiger partial charge in [0.1, 0.15) is 0 Å². The number of rotatable bonds is 4. The fourth-order valence-electron chi connectivity index (χ4n) is 9.76. The maximum absolute atomic E-state index is 2.43. The first kappa shape index (κ1) is 31.7. The normalized spacial score (nSPS) is 13.1. The standard InChI is InChI=1S/C55H38/c1-55(2)49-31-15-29-41(54(49)53-40-22-6-4-17-36(40)32-33-50(53)55)37-19-13-20-38(34-37)51-45-25-9-11-27-47(45)52(48-28-12-10-26-46(48)51)44-24-8-7-23-43(44)42-30-14-18-35-16-3-5-21-39(35)42/h3-34H,1-2H3. The van der Waals surface area contributed by atoms with Crippen LogP contribution in [0.15, 0.2) is 194 Å². The van der Waals surface area contributed by atoms with Gasteiger partial charge in [-0.2, -0.15) is 0 Å². The van der Waals surface area contributed by atoms with Crippen LogP contribution < -0.4 is 0 Å². The first-order valence-corrected chi connectivity index (χ1v) is 19.4. The third-order valence-electron chi connectivity index (χ3n) is 12.3. The van der Waals surface area contributed by atoms with Crippen LogP contribution in [0.2, 0.25) is 0 Å². The van der Waals surface area contributed by atoms with Crippen molar-refractivity contribution in [3.63, 3.8) is 0 Å². The van der Waals surface area contributed by atoms with Crippen LogP contribution in [0.5, 0.6) is 0 Å². The van der Waals surface area contributed by atoms with Crippen molar-refractivity contribution in [1.82, 2.24) is 0 Å². The Bertz CT molecular complexity index is 3110. The van der Waals surface area contributed by atoms with E-state index in [0.29, 0.717) is 0 Å². The van der Waals surface area contributed by atoms with Gasteiger partial charge < -0.3 is 0 Å². The lowest BCUT2D eigenvalue weighted by atomic mass is 9.81. The summed E-state index contributed by atoms with van der Waals surface area (Å²) in [5.41, 5.74) is 15.5. The smallest absolute Gasteiger partial charge is 0.0159 e. The van der Waals surface area contributed by atoms with Gasteiger partial charge >= 0.3 is 0 Å². The van der Waals surface area contributed by atoms with E-state index >= 15 is 0 Å². The molecule has 0 heterocycles. The molecule has 10 aromatic carbocycles. The molecule has 1 aliphatic carbocycles. The van der Waals surface area contributed by atoms with Crippen molar-refractivity contribution >= 4 is 43.1 Å². The van der Waals surface area contributed by atoms with E-state index in [1.807, 2.05) is 0 Å². The molecule has 0 amide bonds. The predicted octanol–water partition coefficient (Wildman–Crippen LogP) is 15.3. The average Bonchev–Trinajstić information content (AvgIpc) is 3.48. The van der Waals surface area contributed by atoms with Crippen LogP contribution >= 0.6 is 0 Å². The minimum atomic E-state index is -0.0904. The van der Waals surface area contributed by atoms with E-state index in [9.17, 15) is 0 Å². The van der Waals surface area contributed by atoms with Gasteiger partial charge in [-0.15, -0.1) is 0 Å². The highest BCUT2D eigenvalue weighted by molar-refractivity contribution is 6.23. The molecule has 0 radical (unpaired) electrons. The van der Waals surface area contributed by atoms with Crippen molar-refractivity contribution < 1.29 is 0 Å². The molecule has 0 fully saturated rings. The lowest BCUT2D eigenvalue weighted by Gasteiger charge is -2.22. The summed E-state index contributed by atoms with van der Waals surface area (Å²) >= 11 is 0. The first-order chi connectivity index (χ1) is 27.1. The molecule has 1 aliphatic rings. The summed E-state index contributed by atoms with van der Waals surface area (Å²) in [5, 5.41) is 10.2. The second-order valence-corrected chi connectivity index (χ2v) is 15.6. The van der Waals surface area contributed by atoms with Crippen LogP contribution in [0, 0.1) is 0 Å². The number of fused-ring (bicyclic) bond motifs is 8. The lowest BCUT2D eigenvalue weighted by molar-refractivity contribution is 0.661. The van der Waals surface area contributed by atoms with Gasteiger partial charge in [0.2, 0.25) is 0 Å². The van der Waals surface area contributed by atoms with Crippen LogP contribution in [-0.4, -0.2) is 0 Å². The van der Waals surface area contributed by atoms with Crippen molar-refractivity contribution in [2.75, 3.05) is 0 Å². The zero-order valence-corrected chi connectivity index (χ0v) is 31.0. The summed E-state index contributed by atoms with van der Waals surface area (Å²) in [7, 11) is 0. The number of hydrogen-bond acceptors (Lipinski definition) is 0. The summed E-state index contributed by atoms with van der Waals surface area (Å²) in [6.45, 7) is 4.76. The maximum Gasteiger partial charge on any atom is 0.0159 e. The van der Waals surface area contributed by atoms with Crippen LogP contribution in [-0.2, 0) is 5.41 Å². The third kappa shape index (κ3) is 4.71. The molecule has 0 saturated heterocycles. The Balaban J connectivity index is 1.16. The highest BCUT2D eigenvalue weighted by Gasteiger charge is 2.38. The third-order valence-corrected chi connectivity index (χ3v) is 12.3. The van der Waals surface area contributed by atoms with Crippen LogP contribution in [0.3, 0.4) is 0 Å². The molecule has 0 N–H and O–H groups in total. The molecule has 0 unspecified atom stereocenters. The van der Waals surface area contributed by atoms with Crippen molar-refractivity contribution in [2.24, 2.45) is 0 Å². The molecule has 0 heteroatoms. The summed E-state index contributed by atoms with van der Waals surface area (Å²) in [6, 6.07) is 72.1. The molecule has 0 aromatic heterocycles. The van der Waals surface area contributed by atoms with Gasteiger partial charge in [-0.1, -0.05) is 202 Å². The van der Waals surface area contributed by atoms with Gasteiger partial charge in [0.15, 0.2) is 0 Å². The Morgan fingerprint density at radius 1 is 0.273 bits per heavy atom. The van der Waals surface area contributed by atoms with Gasteiger partial charge in [0.05, 0.1) is 0 Å². The number of hydrogen-bond donors (Lipinski definition) is 0. The van der Waals surface area contributed by atoms with Crippen LogP contribution in [0.4, 0.5) is 0 Å². The minimum Gasteiger partial charge on any atom is -0.0616 e. The molecule has 0 nitrogen and oxygen atoms in total. The monoisotopic (exact) mass is 698 g/mol. The predicted molar refractivity (Wildman–Crippen MR) is 236 cm³/mol. The van der Waals surface area contributed by atoms with Crippen LogP contribution in [0.1, 0.15) is 25.0 Å². The Labute approximate surface area is 322 Å². The SMILES string of the molecule is CC1(C)c2cccc(-c3cccc(-c4c5ccccc5c(-c5ccccc5-c5cccc6ccccc56)c5ccccc45)c3)c2-c2c1ccc1ccccc21. The summed E-state index contributed by atoms with van der Waals surface area (Å²) in [5.74, 6) is 0. The molecule has 0 atom stereocenters. The molecule has 0 spiro atoms. The highest BCUT2D eigenvalue weighted by atomic mass is 14.4. The maximum atomic E-state index is 2.43. The van der Waals surface area contributed by atoms with Crippen molar-refractivity contribution in [1.29, 1.82) is 0 Å². The van der Waals surface area contributed by atoms with E-state index in [-0.39, 0.29) is 5.41 Å². The molecule has 10 aromatic rings. The lowest BCUT2D eigenvalue weighted by Crippen LogP contribution is -2.14. The van der Waals surface area contributed by atoms with Crippen LogP contribution in [0.25, 0.3) is 98.7 Å². The van der Waals surface area contributed by atoms with E-state index < -0.39 is 0 Å². The van der Waals surface area contributed by atoms with E-state index in [2.05, 4.69) is 208 Å².